The molecule has 0 saturated heterocycles. The zero-order valence-electron chi connectivity index (χ0n) is 13.6. The van der Waals surface area contributed by atoms with Crippen LogP contribution in [0.2, 0.25) is 0 Å². The lowest BCUT2D eigenvalue weighted by atomic mass is 10.1. The fourth-order valence-corrected chi connectivity index (χ4v) is 1.77. The molecule has 5 nitrogen and oxygen atoms in total. The van der Waals surface area contributed by atoms with Crippen LogP contribution in [0, 0.1) is 23.3 Å². The van der Waals surface area contributed by atoms with Gasteiger partial charge in [0, 0.05) is 12.5 Å². The van der Waals surface area contributed by atoms with Crippen molar-refractivity contribution in [2.75, 3.05) is 13.2 Å². The third-order valence-corrected chi connectivity index (χ3v) is 3.26. The predicted molar refractivity (Wildman–Crippen MR) is 79.9 cm³/mol. The van der Waals surface area contributed by atoms with Gasteiger partial charge in [0.15, 0.2) is 23.2 Å². The number of hydrogen-bond acceptors (Lipinski definition) is 5. The van der Waals surface area contributed by atoms with Gasteiger partial charge >= 0.3 is 5.97 Å². The van der Waals surface area contributed by atoms with Crippen LogP contribution in [0.1, 0.15) is 32.6 Å². The van der Waals surface area contributed by atoms with Crippen molar-refractivity contribution < 1.29 is 36.6 Å². The normalized spacial score (nSPS) is 11.9. The van der Waals surface area contributed by atoms with E-state index in [2.05, 4.69) is 4.74 Å². The molecule has 0 spiro atoms. The Morgan fingerprint density at radius 1 is 1.16 bits per heavy atom. The van der Waals surface area contributed by atoms with Crippen LogP contribution in [0.3, 0.4) is 0 Å². The first-order valence-corrected chi connectivity index (χ1v) is 7.67. The minimum atomic E-state index is -1.75. The van der Waals surface area contributed by atoms with Crippen molar-refractivity contribution in [2.24, 2.45) is 5.73 Å². The van der Waals surface area contributed by atoms with Gasteiger partial charge in [-0.2, -0.15) is 8.78 Å². The highest BCUT2D eigenvalue weighted by molar-refractivity contribution is 5.85. The molecule has 0 aliphatic carbocycles. The number of hydrogen-bond donors (Lipinski definition) is 1. The molecule has 0 aliphatic rings. The molecule has 0 bridgehead atoms. The zero-order valence-corrected chi connectivity index (χ0v) is 13.6. The van der Waals surface area contributed by atoms with E-state index in [1.54, 1.807) is 0 Å². The number of ether oxygens (including phenoxy) is 2. The largest absolute Gasteiger partial charge is 0.479 e. The lowest BCUT2D eigenvalue weighted by molar-refractivity contribution is -0.144. The molecule has 140 valence electrons. The van der Waals surface area contributed by atoms with Crippen LogP contribution in [-0.4, -0.2) is 31.0 Å². The lowest BCUT2D eigenvalue weighted by Gasteiger charge is -2.12. The molecular weight excluding hydrogens is 346 g/mol. The standard InChI is InChI=1S/C16H19F4NO4/c1-2-3-6-24-13(23)5-4-11(21)12(22)8-25-16-14(19)9(17)7-10(18)15(16)20/h7,11H,2-6,8,21H2,1H3/t11-/m0/s1. The highest BCUT2D eigenvalue weighted by Crippen LogP contribution is 2.26. The number of carbonyl (C=O) groups excluding carboxylic acids is 2. The van der Waals surface area contributed by atoms with Crippen molar-refractivity contribution in [2.45, 2.75) is 38.6 Å². The van der Waals surface area contributed by atoms with Crippen molar-refractivity contribution in [3.05, 3.63) is 29.3 Å². The highest BCUT2D eigenvalue weighted by atomic mass is 19.2. The fourth-order valence-electron chi connectivity index (χ4n) is 1.77. The number of benzene rings is 1. The summed E-state index contributed by atoms with van der Waals surface area (Å²) in [6.07, 6.45) is 1.39. The third-order valence-electron chi connectivity index (χ3n) is 3.26. The number of unbranched alkanes of at least 4 members (excludes halogenated alkanes) is 1. The van der Waals surface area contributed by atoms with E-state index < -0.39 is 53.4 Å². The summed E-state index contributed by atoms with van der Waals surface area (Å²) in [5.41, 5.74) is 5.55. The molecule has 0 amide bonds. The van der Waals surface area contributed by atoms with Gasteiger partial charge in [0.2, 0.25) is 11.6 Å². The molecule has 1 atom stereocenters. The quantitative estimate of drug-likeness (QED) is 0.298. The van der Waals surface area contributed by atoms with Crippen molar-refractivity contribution in [1.82, 2.24) is 0 Å². The Morgan fingerprint density at radius 2 is 1.76 bits per heavy atom. The van der Waals surface area contributed by atoms with Gasteiger partial charge in [0.05, 0.1) is 12.6 Å². The summed E-state index contributed by atoms with van der Waals surface area (Å²) in [4.78, 5) is 23.1. The van der Waals surface area contributed by atoms with Gasteiger partial charge in [-0.05, 0) is 12.8 Å². The molecule has 1 rings (SSSR count). The monoisotopic (exact) mass is 365 g/mol. The molecule has 9 heteroatoms. The number of carbonyl (C=O) groups is 2. The Kier molecular flexibility index (Phi) is 8.33. The van der Waals surface area contributed by atoms with Crippen molar-refractivity contribution in [3.8, 4) is 5.75 Å². The topological polar surface area (TPSA) is 78.6 Å². The molecule has 0 aliphatic heterocycles. The predicted octanol–water partition coefficient (Wildman–Crippen LogP) is 2.64. The minimum Gasteiger partial charge on any atom is -0.479 e. The zero-order chi connectivity index (χ0) is 19.0. The second-order valence-electron chi connectivity index (χ2n) is 5.27. The van der Waals surface area contributed by atoms with E-state index in [4.69, 9.17) is 10.5 Å². The van der Waals surface area contributed by atoms with E-state index in [1.165, 1.54) is 0 Å². The summed E-state index contributed by atoms with van der Waals surface area (Å²) in [5, 5.41) is 0. The van der Waals surface area contributed by atoms with E-state index in [1.807, 2.05) is 6.92 Å². The maximum Gasteiger partial charge on any atom is 0.305 e. The summed E-state index contributed by atoms with van der Waals surface area (Å²) in [7, 11) is 0. The Morgan fingerprint density at radius 3 is 2.32 bits per heavy atom. The molecule has 0 saturated carbocycles. The number of halogens is 4. The maximum atomic E-state index is 13.4. The highest BCUT2D eigenvalue weighted by Gasteiger charge is 2.23. The molecule has 0 aromatic heterocycles. The average molecular weight is 365 g/mol. The fraction of sp³-hybridized carbons (Fsp3) is 0.500. The van der Waals surface area contributed by atoms with Gasteiger partial charge in [-0.1, -0.05) is 13.3 Å². The molecule has 2 N–H and O–H groups in total. The second kappa shape index (κ2) is 9.97. The summed E-state index contributed by atoms with van der Waals surface area (Å²) < 4.78 is 62.2. The van der Waals surface area contributed by atoms with Crippen LogP contribution in [-0.2, 0) is 14.3 Å². The molecule has 1 aromatic carbocycles. The molecule has 0 radical (unpaired) electrons. The van der Waals surface area contributed by atoms with Gasteiger partial charge in [-0.25, -0.2) is 8.78 Å². The van der Waals surface area contributed by atoms with E-state index in [0.29, 0.717) is 6.42 Å². The molecular formula is C16H19F4NO4. The Labute approximate surface area is 142 Å². The van der Waals surface area contributed by atoms with Gasteiger partial charge in [-0.3, -0.25) is 9.59 Å². The first-order chi connectivity index (χ1) is 11.8. The van der Waals surface area contributed by atoms with Crippen LogP contribution < -0.4 is 10.5 Å². The van der Waals surface area contributed by atoms with Crippen molar-refractivity contribution in [1.29, 1.82) is 0 Å². The van der Waals surface area contributed by atoms with E-state index in [-0.39, 0.29) is 25.5 Å². The molecule has 0 heterocycles. The average Bonchev–Trinajstić information content (AvgIpc) is 2.57. The minimum absolute atomic E-state index is 0.0231. The molecule has 0 fully saturated rings. The van der Waals surface area contributed by atoms with Gasteiger partial charge in [-0.15, -0.1) is 0 Å². The summed E-state index contributed by atoms with van der Waals surface area (Å²) in [6, 6.07) is -1.13. The van der Waals surface area contributed by atoms with Crippen LogP contribution >= 0.6 is 0 Å². The lowest BCUT2D eigenvalue weighted by Crippen LogP contribution is -2.35. The molecule has 1 aromatic rings. The Bertz CT molecular complexity index is 598. The van der Waals surface area contributed by atoms with Gasteiger partial charge in [0.25, 0.3) is 0 Å². The van der Waals surface area contributed by atoms with Crippen molar-refractivity contribution in [3.63, 3.8) is 0 Å². The van der Waals surface area contributed by atoms with E-state index >= 15 is 0 Å². The van der Waals surface area contributed by atoms with E-state index in [0.717, 1.165) is 6.42 Å². The molecule has 0 unspecified atom stereocenters. The van der Waals surface area contributed by atoms with Crippen molar-refractivity contribution >= 4 is 11.8 Å². The summed E-state index contributed by atoms with van der Waals surface area (Å²) in [5.74, 6) is -9.45. The number of esters is 1. The number of ketones is 1. The maximum absolute atomic E-state index is 13.4. The molecule has 25 heavy (non-hydrogen) atoms. The van der Waals surface area contributed by atoms with Gasteiger partial charge < -0.3 is 15.2 Å². The third kappa shape index (κ3) is 6.33. The number of Topliss-reactive ketones (excluding diaryl/α,β-unsaturated/α-hetero) is 1. The Hall–Kier alpha value is -2.16. The number of nitrogens with two attached hydrogens (primary N) is 1. The first kappa shape index (κ1) is 20.9. The number of rotatable bonds is 10. The smallest absolute Gasteiger partial charge is 0.305 e. The summed E-state index contributed by atoms with van der Waals surface area (Å²) >= 11 is 0. The first-order valence-electron chi connectivity index (χ1n) is 7.67. The van der Waals surface area contributed by atoms with Crippen LogP contribution in [0.5, 0.6) is 5.75 Å². The second-order valence-corrected chi connectivity index (χ2v) is 5.27. The Balaban J connectivity index is 2.50. The van der Waals surface area contributed by atoms with Crippen LogP contribution in [0.15, 0.2) is 6.07 Å². The van der Waals surface area contributed by atoms with Crippen LogP contribution in [0.25, 0.3) is 0 Å². The van der Waals surface area contributed by atoms with E-state index in [9.17, 15) is 27.2 Å². The summed E-state index contributed by atoms with van der Waals surface area (Å²) in [6.45, 7) is 1.30. The van der Waals surface area contributed by atoms with Crippen LogP contribution in [0.4, 0.5) is 17.6 Å². The SMILES string of the molecule is CCCCOC(=O)CC[C@H](N)C(=O)COc1c(F)c(F)cc(F)c1F. The van der Waals surface area contributed by atoms with Gasteiger partial charge in [0.1, 0.15) is 6.61 Å².